The van der Waals surface area contributed by atoms with E-state index in [0.717, 1.165) is 10.0 Å². The molecule has 0 unspecified atom stereocenters. The first-order valence-electron chi connectivity index (χ1n) is 7.89. The molecule has 8 heteroatoms. The smallest absolute Gasteiger partial charge is 0.276 e. The van der Waals surface area contributed by atoms with E-state index < -0.39 is 11.8 Å². The molecular weight excluding hydrogens is 416 g/mol. The maximum atomic E-state index is 11.8. The highest BCUT2D eigenvalue weighted by Gasteiger charge is 2.05. The molecule has 2 N–H and O–H groups in total. The van der Waals surface area contributed by atoms with Crippen molar-refractivity contribution in [1.29, 1.82) is 0 Å². The Bertz CT molecular complexity index is 821. The van der Waals surface area contributed by atoms with Gasteiger partial charge >= 0.3 is 0 Å². The van der Waals surface area contributed by atoms with Crippen LogP contribution in [0.15, 0.2) is 53.0 Å². The van der Waals surface area contributed by atoms with Crippen LogP contribution in [0, 0.1) is 0 Å². The summed E-state index contributed by atoms with van der Waals surface area (Å²) >= 11 is 3.31. The summed E-state index contributed by atoms with van der Waals surface area (Å²) in [5.74, 6) is 0.733. The van der Waals surface area contributed by atoms with Crippen molar-refractivity contribution in [2.75, 3.05) is 20.8 Å². The molecule has 0 radical (unpaired) electrons. The van der Waals surface area contributed by atoms with E-state index in [-0.39, 0.29) is 6.61 Å². The van der Waals surface area contributed by atoms with Crippen molar-refractivity contribution in [2.45, 2.75) is 0 Å². The molecule has 0 saturated carbocycles. The zero-order chi connectivity index (χ0) is 19.6. The minimum atomic E-state index is -0.484. The number of hydrogen-bond acceptors (Lipinski definition) is 5. The van der Waals surface area contributed by atoms with Crippen LogP contribution >= 0.6 is 15.9 Å². The molecule has 2 aromatic rings. The summed E-state index contributed by atoms with van der Waals surface area (Å²) in [5, 5.41) is 0. The van der Waals surface area contributed by atoms with Gasteiger partial charge in [-0.15, -0.1) is 0 Å². The first kappa shape index (κ1) is 20.3. The van der Waals surface area contributed by atoms with Gasteiger partial charge < -0.3 is 14.2 Å². The predicted molar refractivity (Wildman–Crippen MR) is 105 cm³/mol. The average molecular weight is 435 g/mol. The van der Waals surface area contributed by atoms with Gasteiger partial charge in [-0.1, -0.05) is 22.0 Å². The summed E-state index contributed by atoms with van der Waals surface area (Å²) in [6.45, 7) is -0.221. The van der Waals surface area contributed by atoms with Crippen molar-refractivity contribution in [3.8, 4) is 17.2 Å². The molecule has 2 rings (SSSR count). The Morgan fingerprint density at radius 2 is 1.70 bits per heavy atom. The minimum absolute atomic E-state index is 0.221. The van der Waals surface area contributed by atoms with Crippen LogP contribution in [0.5, 0.6) is 17.2 Å². The van der Waals surface area contributed by atoms with Crippen molar-refractivity contribution in [3.05, 3.63) is 58.6 Å². The lowest BCUT2D eigenvalue weighted by Crippen LogP contribution is -2.43. The normalized spacial score (nSPS) is 10.3. The molecule has 0 saturated heterocycles. The Hall–Kier alpha value is -3.00. The molecule has 0 aliphatic rings. The standard InChI is InChI=1S/C19H19BrN2O5/c1-25-16-9-3-13(11-17(16)26-2)4-10-18(23)21-22-19(24)12-27-15-7-5-14(20)6-8-15/h3-11H,12H2,1-2H3,(H,21,23)(H,22,24). The van der Waals surface area contributed by atoms with Gasteiger partial charge in [0.1, 0.15) is 5.75 Å². The number of nitrogens with one attached hydrogen (secondary N) is 2. The molecule has 0 aliphatic heterocycles. The molecule has 0 heterocycles. The topological polar surface area (TPSA) is 85.9 Å². The number of hydrazine groups is 1. The lowest BCUT2D eigenvalue weighted by atomic mass is 10.2. The van der Waals surface area contributed by atoms with Gasteiger partial charge in [-0.3, -0.25) is 20.4 Å². The number of amides is 2. The van der Waals surface area contributed by atoms with E-state index in [9.17, 15) is 9.59 Å². The summed E-state index contributed by atoms with van der Waals surface area (Å²) in [5.41, 5.74) is 5.30. The second-order valence-corrected chi connectivity index (χ2v) is 6.14. The van der Waals surface area contributed by atoms with Gasteiger partial charge in [0, 0.05) is 10.5 Å². The Morgan fingerprint density at radius 1 is 1.00 bits per heavy atom. The van der Waals surface area contributed by atoms with Gasteiger partial charge in [-0.25, -0.2) is 0 Å². The van der Waals surface area contributed by atoms with Gasteiger partial charge in [0.15, 0.2) is 18.1 Å². The number of carbonyl (C=O) groups excluding carboxylic acids is 2. The van der Waals surface area contributed by atoms with Crippen LogP contribution in [0.2, 0.25) is 0 Å². The maximum Gasteiger partial charge on any atom is 0.276 e. The fraction of sp³-hybridized carbons (Fsp3) is 0.158. The summed E-state index contributed by atoms with van der Waals surface area (Å²) in [6, 6.07) is 12.3. The van der Waals surface area contributed by atoms with Crippen LogP contribution < -0.4 is 25.1 Å². The highest BCUT2D eigenvalue weighted by molar-refractivity contribution is 9.10. The fourth-order valence-corrected chi connectivity index (χ4v) is 2.28. The van der Waals surface area contributed by atoms with Gasteiger partial charge in [0.2, 0.25) is 0 Å². The zero-order valence-corrected chi connectivity index (χ0v) is 16.4. The third-order valence-electron chi connectivity index (χ3n) is 3.34. The summed E-state index contributed by atoms with van der Waals surface area (Å²) in [4.78, 5) is 23.5. The largest absolute Gasteiger partial charge is 0.493 e. The van der Waals surface area contributed by atoms with Gasteiger partial charge in [-0.2, -0.15) is 0 Å². The molecule has 142 valence electrons. The van der Waals surface area contributed by atoms with E-state index in [1.165, 1.54) is 13.2 Å². The van der Waals surface area contributed by atoms with Crippen LogP contribution in [0.3, 0.4) is 0 Å². The molecule has 0 aliphatic carbocycles. The molecule has 0 fully saturated rings. The van der Waals surface area contributed by atoms with Crippen LogP contribution in [0.1, 0.15) is 5.56 Å². The van der Waals surface area contributed by atoms with E-state index in [1.807, 2.05) is 0 Å². The maximum absolute atomic E-state index is 11.8. The molecule has 0 atom stereocenters. The Labute approximate surface area is 165 Å². The molecular formula is C19H19BrN2O5. The van der Waals surface area contributed by atoms with Crippen molar-refractivity contribution in [1.82, 2.24) is 10.9 Å². The molecule has 2 amide bonds. The lowest BCUT2D eigenvalue weighted by Gasteiger charge is -2.08. The number of benzene rings is 2. The SMILES string of the molecule is COc1ccc(C=CC(=O)NNC(=O)COc2ccc(Br)cc2)cc1OC. The minimum Gasteiger partial charge on any atom is -0.493 e. The second-order valence-electron chi connectivity index (χ2n) is 5.23. The fourth-order valence-electron chi connectivity index (χ4n) is 2.02. The third-order valence-corrected chi connectivity index (χ3v) is 3.87. The van der Waals surface area contributed by atoms with E-state index in [1.54, 1.807) is 55.7 Å². The number of halogens is 1. The highest BCUT2D eigenvalue weighted by Crippen LogP contribution is 2.27. The van der Waals surface area contributed by atoms with Crippen LogP contribution in [0.4, 0.5) is 0 Å². The Balaban J connectivity index is 1.78. The Morgan fingerprint density at radius 3 is 2.37 bits per heavy atom. The Kier molecular flexibility index (Phi) is 7.69. The molecule has 0 aromatic heterocycles. The number of carbonyl (C=O) groups is 2. The first-order valence-corrected chi connectivity index (χ1v) is 8.68. The molecule has 7 nitrogen and oxygen atoms in total. The molecule has 2 aromatic carbocycles. The molecule has 0 bridgehead atoms. The zero-order valence-electron chi connectivity index (χ0n) is 14.8. The van der Waals surface area contributed by atoms with Crippen molar-refractivity contribution in [3.63, 3.8) is 0 Å². The van der Waals surface area contributed by atoms with Gasteiger partial charge in [0.05, 0.1) is 14.2 Å². The first-order chi connectivity index (χ1) is 13.0. The van der Waals surface area contributed by atoms with E-state index in [0.29, 0.717) is 17.2 Å². The summed E-state index contributed by atoms with van der Waals surface area (Å²) in [6.07, 6.45) is 2.87. The van der Waals surface area contributed by atoms with Gasteiger partial charge in [-0.05, 0) is 48.0 Å². The summed E-state index contributed by atoms with van der Waals surface area (Å²) in [7, 11) is 3.08. The predicted octanol–water partition coefficient (Wildman–Crippen LogP) is 2.71. The van der Waals surface area contributed by atoms with E-state index in [4.69, 9.17) is 14.2 Å². The van der Waals surface area contributed by atoms with Crippen molar-refractivity contribution < 1.29 is 23.8 Å². The van der Waals surface area contributed by atoms with E-state index in [2.05, 4.69) is 26.8 Å². The van der Waals surface area contributed by atoms with Crippen molar-refractivity contribution in [2.24, 2.45) is 0 Å². The highest BCUT2D eigenvalue weighted by atomic mass is 79.9. The average Bonchev–Trinajstić information content (AvgIpc) is 2.69. The summed E-state index contributed by atoms with van der Waals surface area (Å²) < 4.78 is 16.6. The number of hydrogen-bond donors (Lipinski definition) is 2. The molecule has 0 spiro atoms. The molecule has 27 heavy (non-hydrogen) atoms. The number of methoxy groups -OCH3 is 2. The van der Waals surface area contributed by atoms with Crippen LogP contribution in [0.25, 0.3) is 6.08 Å². The van der Waals surface area contributed by atoms with Crippen molar-refractivity contribution >= 4 is 33.8 Å². The quantitative estimate of drug-likeness (QED) is 0.516. The van der Waals surface area contributed by atoms with Gasteiger partial charge in [0.25, 0.3) is 11.8 Å². The van der Waals surface area contributed by atoms with E-state index >= 15 is 0 Å². The number of ether oxygens (including phenoxy) is 3. The second kappa shape index (κ2) is 10.2. The monoisotopic (exact) mass is 434 g/mol. The number of rotatable bonds is 7. The third kappa shape index (κ3) is 6.67. The van der Waals surface area contributed by atoms with Crippen LogP contribution in [-0.4, -0.2) is 32.6 Å². The lowest BCUT2D eigenvalue weighted by molar-refractivity contribution is -0.128. The van der Waals surface area contributed by atoms with Crippen LogP contribution in [-0.2, 0) is 9.59 Å².